The van der Waals surface area contributed by atoms with Crippen molar-refractivity contribution in [1.29, 1.82) is 0 Å². The van der Waals surface area contributed by atoms with E-state index in [0.717, 1.165) is 4.88 Å². The van der Waals surface area contributed by atoms with Crippen LogP contribution in [0, 0.1) is 10.1 Å². The predicted molar refractivity (Wildman–Crippen MR) is 59.6 cm³/mol. The number of allylic oxidation sites excluding steroid dienone is 2. The summed E-state index contributed by atoms with van der Waals surface area (Å²) in [6.07, 6.45) is 5.54. The Morgan fingerprint density at radius 2 is 2.38 bits per heavy atom. The molecule has 1 aromatic rings. The molecule has 7 heteroatoms. The smallest absolute Gasteiger partial charge is 0.265 e. The Kier molecular flexibility index (Phi) is 2.78. The number of amides is 1. The largest absolute Gasteiger partial charge is 0.305 e. The van der Waals surface area contributed by atoms with E-state index in [2.05, 4.69) is 10.3 Å². The Morgan fingerprint density at radius 1 is 1.56 bits per heavy atom. The van der Waals surface area contributed by atoms with Crippen LogP contribution in [0.3, 0.4) is 0 Å². The normalized spacial score (nSPS) is 13.6. The van der Waals surface area contributed by atoms with Gasteiger partial charge in [0, 0.05) is 17.4 Å². The fourth-order valence-electron chi connectivity index (χ4n) is 1.32. The first-order valence-corrected chi connectivity index (χ1v) is 5.25. The Hall–Kier alpha value is -2.02. The maximum atomic E-state index is 10.6. The van der Waals surface area contributed by atoms with Crippen LogP contribution in [0.4, 0.5) is 5.13 Å². The second-order valence-electron chi connectivity index (χ2n) is 3.01. The number of thiazole rings is 1. The Labute approximate surface area is 94.5 Å². The van der Waals surface area contributed by atoms with Crippen LogP contribution in [0.5, 0.6) is 0 Å². The van der Waals surface area contributed by atoms with Crippen LogP contribution in [0.15, 0.2) is 17.8 Å². The number of hydrogen-bond donors (Lipinski definition) is 1. The SMILES string of the molecule is O=CNc1nc2c(s1)CC=C([N+](=O)[O-])C=C2. The highest BCUT2D eigenvalue weighted by atomic mass is 32.1. The molecule has 1 aromatic heterocycles. The molecule has 82 valence electrons. The average Bonchev–Trinajstić information content (AvgIpc) is 2.50. The lowest BCUT2D eigenvalue weighted by atomic mass is 10.3. The topological polar surface area (TPSA) is 85.1 Å². The molecule has 0 atom stereocenters. The number of carbonyl (C=O) groups is 1. The summed E-state index contributed by atoms with van der Waals surface area (Å²) < 4.78 is 0. The number of nitrogens with one attached hydrogen (secondary N) is 1. The molecule has 0 radical (unpaired) electrons. The molecule has 1 aliphatic rings. The van der Waals surface area contributed by atoms with Gasteiger partial charge in [0.1, 0.15) is 0 Å². The molecule has 0 aromatic carbocycles. The summed E-state index contributed by atoms with van der Waals surface area (Å²) in [6, 6.07) is 0. The van der Waals surface area contributed by atoms with Crippen molar-refractivity contribution in [2.24, 2.45) is 0 Å². The van der Waals surface area contributed by atoms with Crippen molar-refractivity contribution in [3.05, 3.63) is 38.5 Å². The molecule has 0 unspecified atom stereocenters. The van der Waals surface area contributed by atoms with E-state index in [1.165, 1.54) is 23.5 Å². The first-order chi connectivity index (χ1) is 7.70. The Bertz CT molecular complexity index is 504. The zero-order valence-electron chi connectivity index (χ0n) is 8.04. The van der Waals surface area contributed by atoms with Crippen molar-refractivity contribution in [3.63, 3.8) is 0 Å². The van der Waals surface area contributed by atoms with Gasteiger partial charge >= 0.3 is 0 Å². The number of anilines is 1. The van der Waals surface area contributed by atoms with Crippen molar-refractivity contribution in [3.8, 4) is 0 Å². The van der Waals surface area contributed by atoms with Gasteiger partial charge in [-0.05, 0) is 12.2 Å². The molecule has 1 amide bonds. The number of nitro groups is 1. The monoisotopic (exact) mass is 237 g/mol. The van der Waals surface area contributed by atoms with Gasteiger partial charge in [-0.2, -0.15) is 0 Å². The second-order valence-corrected chi connectivity index (χ2v) is 4.10. The van der Waals surface area contributed by atoms with E-state index in [1.54, 1.807) is 6.08 Å². The van der Waals surface area contributed by atoms with Crippen LogP contribution in [0.2, 0.25) is 0 Å². The first kappa shape index (κ1) is 10.5. The summed E-state index contributed by atoms with van der Waals surface area (Å²) in [4.78, 5) is 25.4. The Balaban J connectivity index is 2.29. The summed E-state index contributed by atoms with van der Waals surface area (Å²) >= 11 is 1.32. The highest BCUT2D eigenvalue weighted by Gasteiger charge is 2.14. The molecule has 1 aliphatic carbocycles. The summed E-state index contributed by atoms with van der Waals surface area (Å²) in [5.74, 6) is 0. The van der Waals surface area contributed by atoms with Gasteiger partial charge in [-0.1, -0.05) is 0 Å². The molecule has 6 nitrogen and oxygen atoms in total. The third kappa shape index (κ3) is 1.98. The lowest BCUT2D eigenvalue weighted by Crippen LogP contribution is -1.94. The summed E-state index contributed by atoms with van der Waals surface area (Å²) in [6.45, 7) is 0. The minimum atomic E-state index is -0.433. The molecule has 0 aliphatic heterocycles. The van der Waals surface area contributed by atoms with Crippen molar-refractivity contribution in [1.82, 2.24) is 4.98 Å². The van der Waals surface area contributed by atoms with E-state index >= 15 is 0 Å². The van der Waals surface area contributed by atoms with Gasteiger partial charge in [0.25, 0.3) is 5.70 Å². The van der Waals surface area contributed by atoms with Gasteiger partial charge in [-0.25, -0.2) is 4.98 Å². The van der Waals surface area contributed by atoms with E-state index in [-0.39, 0.29) is 5.70 Å². The number of rotatable bonds is 3. The van der Waals surface area contributed by atoms with Gasteiger partial charge in [0.05, 0.1) is 10.6 Å². The van der Waals surface area contributed by atoms with Gasteiger partial charge in [0.2, 0.25) is 6.41 Å². The lowest BCUT2D eigenvalue weighted by Gasteiger charge is -1.89. The molecule has 0 spiro atoms. The third-order valence-electron chi connectivity index (χ3n) is 2.03. The second kappa shape index (κ2) is 4.23. The van der Waals surface area contributed by atoms with Crippen LogP contribution in [0.25, 0.3) is 6.08 Å². The average molecular weight is 237 g/mol. The zero-order chi connectivity index (χ0) is 11.5. The molecule has 1 heterocycles. The fourth-order valence-corrected chi connectivity index (χ4v) is 2.19. The van der Waals surface area contributed by atoms with Crippen LogP contribution < -0.4 is 5.32 Å². The minimum Gasteiger partial charge on any atom is -0.305 e. The third-order valence-corrected chi connectivity index (χ3v) is 3.05. The highest BCUT2D eigenvalue weighted by Crippen LogP contribution is 2.27. The summed E-state index contributed by atoms with van der Waals surface area (Å²) in [7, 11) is 0. The van der Waals surface area contributed by atoms with Crippen molar-refractivity contribution >= 4 is 29.0 Å². The fraction of sp³-hybridized carbons (Fsp3) is 0.111. The number of fused-ring (bicyclic) bond motifs is 1. The number of carbonyl (C=O) groups excluding carboxylic acids is 1. The number of hydrogen-bond acceptors (Lipinski definition) is 5. The Morgan fingerprint density at radius 3 is 3.06 bits per heavy atom. The molecule has 0 saturated carbocycles. The standard InChI is InChI=1S/C9H7N3O3S/c13-5-10-9-11-7-3-1-6(12(14)15)2-4-8(7)16-9/h1-3,5H,4H2,(H,10,11,13). The summed E-state index contributed by atoms with van der Waals surface area (Å²) in [5, 5.41) is 13.5. The number of nitrogens with zero attached hydrogens (tertiary/aromatic N) is 2. The van der Waals surface area contributed by atoms with Gasteiger partial charge in [-0.3, -0.25) is 14.9 Å². The minimum absolute atomic E-state index is 0.0649. The molecular weight excluding hydrogens is 230 g/mol. The van der Waals surface area contributed by atoms with Crippen molar-refractivity contribution < 1.29 is 9.72 Å². The van der Waals surface area contributed by atoms with E-state index in [4.69, 9.17) is 0 Å². The van der Waals surface area contributed by atoms with Crippen molar-refractivity contribution in [2.75, 3.05) is 5.32 Å². The molecule has 16 heavy (non-hydrogen) atoms. The van der Waals surface area contributed by atoms with Crippen LogP contribution in [0.1, 0.15) is 10.6 Å². The quantitative estimate of drug-likeness (QED) is 0.489. The molecule has 0 bridgehead atoms. The van der Waals surface area contributed by atoms with Gasteiger partial charge in [0.15, 0.2) is 5.13 Å². The van der Waals surface area contributed by atoms with E-state index in [0.29, 0.717) is 23.7 Å². The summed E-state index contributed by atoms with van der Waals surface area (Å²) in [5.41, 5.74) is 0.734. The van der Waals surface area contributed by atoms with Gasteiger partial charge in [-0.15, -0.1) is 11.3 Å². The first-order valence-electron chi connectivity index (χ1n) is 4.43. The molecule has 0 fully saturated rings. The van der Waals surface area contributed by atoms with E-state index < -0.39 is 4.92 Å². The molecule has 1 N–H and O–H groups in total. The zero-order valence-corrected chi connectivity index (χ0v) is 8.86. The van der Waals surface area contributed by atoms with E-state index in [1.807, 2.05) is 0 Å². The van der Waals surface area contributed by atoms with Gasteiger partial charge < -0.3 is 5.32 Å². The van der Waals surface area contributed by atoms with Crippen LogP contribution in [-0.2, 0) is 11.2 Å². The van der Waals surface area contributed by atoms with Crippen molar-refractivity contribution in [2.45, 2.75) is 6.42 Å². The van der Waals surface area contributed by atoms with E-state index in [9.17, 15) is 14.9 Å². The highest BCUT2D eigenvalue weighted by molar-refractivity contribution is 7.16. The maximum Gasteiger partial charge on any atom is 0.265 e. The predicted octanol–water partition coefficient (Wildman–Crippen LogP) is 1.44. The molecule has 0 saturated heterocycles. The molecule has 2 rings (SSSR count). The maximum absolute atomic E-state index is 10.6. The van der Waals surface area contributed by atoms with Crippen LogP contribution in [-0.4, -0.2) is 16.3 Å². The lowest BCUT2D eigenvalue weighted by molar-refractivity contribution is -0.419. The van der Waals surface area contributed by atoms with Crippen LogP contribution >= 0.6 is 11.3 Å². The number of aromatic nitrogens is 1. The molecular formula is C9H7N3O3S.